The molecule has 0 saturated heterocycles. The van der Waals surface area contributed by atoms with Crippen molar-refractivity contribution >= 4 is 23.2 Å². The van der Waals surface area contributed by atoms with Crippen LogP contribution in [-0.4, -0.2) is 6.54 Å². The van der Waals surface area contributed by atoms with Crippen LogP contribution >= 0.6 is 23.2 Å². The van der Waals surface area contributed by atoms with Crippen LogP contribution in [0.3, 0.4) is 0 Å². The average molecular weight is 288 g/mol. The molecule has 1 aromatic carbocycles. The SMILES string of the molecule is CCNC(CCCC(C)C)c1cc(Cl)cc(Cl)c1. The van der Waals surface area contributed by atoms with E-state index < -0.39 is 0 Å². The Morgan fingerprint density at radius 2 is 1.67 bits per heavy atom. The van der Waals surface area contributed by atoms with Crippen molar-refractivity contribution in [1.82, 2.24) is 5.32 Å². The first-order valence-corrected chi connectivity index (χ1v) is 7.48. The highest BCUT2D eigenvalue weighted by Gasteiger charge is 2.11. The van der Waals surface area contributed by atoms with Crippen molar-refractivity contribution in [2.24, 2.45) is 5.92 Å². The molecule has 18 heavy (non-hydrogen) atoms. The lowest BCUT2D eigenvalue weighted by atomic mass is 9.98. The van der Waals surface area contributed by atoms with Gasteiger partial charge in [0.05, 0.1) is 0 Å². The third-order valence-electron chi connectivity index (χ3n) is 3.01. The first-order chi connectivity index (χ1) is 8.52. The van der Waals surface area contributed by atoms with Crippen LogP contribution in [-0.2, 0) is 0 Å². The van der Waals surface area contributed by atoms with Gasteiger partial charge in [-0.05, 0) is 42.6 Å². The molecule has 0 radical (unpaired) electrons. The van der Waals surface area contributed by atoms with E-state index in [1.165, 1.54) is 18.4 Å². The maximum atomic E-state index is 6.07. The molecule has 0 aromatic heterocycles. The molecule has 0 saturated carbocycles. The van der Waals surface area contributed by atoms with Crippen LogP contribution in [0.25, 0.3) is 0 Å². The Kier molecular flexibility index (Phi) is 7.06. The second kappa shape index (κ2) is 8.04. The zero-order chi connectivity index (χ0) is 13.5. The average Bonchev–Trinajstić information content (AvgIpc) is 2.26. The van der Waals surface area contributed by atoms with E-state index in [1.54, 1.807) is 6.07 Å². The van der Waals surface area contributed by atoms with Crippen molar-refractivity contribution < 1.29 is 0 Å². The van der Waals surface area contributed by atoms with Crippen molar-refractivity contribution in [3.8, 4) is 0 Å². The summed E-state index contributed by atoms with van der Waals surface area (Å²) in [4.78, 5) is 0. The second-order valence-electron chi connectivity index (χ2n) is 5.14. The van der Waals surface area contributed by atoms with Crippen molar-refractivity contribution in [2.45, 2.75) is 46.1 Å². The van der Waals surface area contributed by atoms with Crippen LogP contribution in [0.4, 0.5) is 0 Å². The largest absolute Gasteiger partial charge is 0.310 e. The summed E-state index contributed by atoms with van der Waals surface area (Å²) in [7, 11) is 0. The standard InChI is InChI=1S/C15H23Cl2N/c1-4-18-15(7-5-6-11(2)3)12-8-13(16)10-14(17)9-12/h8-11,15,18H,4-7H2,1-3H3. The Labute approximate surface area is 121 Å². The lowest BCUT2D eigenvalue weighted by Gasteiger charge is -2.19. The molecular formula is C15H23Cl2N. The zero-order valence-electron chi connectivity index (χ0n) is 11.5. The molecular weight excluding hydrogens is 265 g/mol. The van der Waals surface area contributed by atoms with Crippen molar-refractivity contribution in [3.05, 3.63) is 33.8 Å². The van der Waals surface area contributed by atoms with Gasteiger partial charge in [0.15, 0.2) is 0 Å². The molecule has 102 valence electrons. The van der Waals surface area contributed by atoms with Crippen molar-refractivity contribution in [3.63, 3.8) is 0 Å². The van der Waals surface area contributed by atoms with Crippen LogP contribution in [0.2, 0.25) is 10.0 Å². The highest BCUT2D eigenvalue weighted by Crippen LogP contribution is 2.27. The molecule has 0 fully saturated rings. The van der Waals surface area contributed by atoms with E-state index in [-0.39, 0.29) is 0 Å². The lowest BCUT2D eigenvalue weighted by molar-refractivity contribution is 0.455. The number of nitrogens with one attached hydrogen (secondary N) is 1. The zero-order valence-corrected chi connectivity index (χ0v) is 13.0. The maximum absolute atomic E-state index is 6.07. The summed E-state index contributed by atoms with van der Waals surface area (Å²) in [5, 5.41) is 4.93. The molecule has 1 unspecified atom stereocenters. The Balaban J connectivity index is 2.70. The van der Waals surface area contributed by atoms with E-state index in [1.807, 2.05) is 12.1 Å². The number of rotatable bonds is 7. The molecule has 0 amide bonds. The smallest absolute Gasteiger partial charge is 0.0424 e. The molecule has 1 atom stereocenters. The fourth-order valence-corrected chi connectivity index (χ4v) is 2.68. The molecule has 1 nitrogen and oxygen atoms in total. The summed E-state index contributed by atoms with van der Waals surface area (Å²) in [6.45, 7) is 7.61. The minimum Gasteiger partial charge on any atom is -0.310 e. The number of benzene rings is 1. The third-order valence-corrected chi connectivity index (χ3v) is 3.45. The summed E-state index contributed by atoms with van der Waals surface area (Å²) in [6.07, 6.45) is 3.61. The number of hydrogen-bond donors (Lipinski definition) is 1. The molecule has 1 aromatic rings. The van der Waals surface area contributed by atoms with Crippen LogP contribution < -0.4 is 5.32 Å². The van der Waals surface area contributed by atoms with Crippen LogP contribution in [0.1, 0.15) is 51.6 Å². The normalized spacial score (nSPS) is 13.0. The van der Waals surface area contributed by atoms with Crippen molar-refractivity contribution in [1.29, 1.82) is 0 Å². The quantitative estimate of drug-likeness (QED) is 0.701. The Hall–Kier alpha value is -0.240. The van der Waals surface area contributed by atoms with E-state index in [2.05, 4.69) is 26.1 Å². The van der Waals surface area contributed by atoms with Crippen LogP contribution in [0, 0.1) is 5.92 Å². The predicted octanol–water partition coefficient (Wildman–Crippen LogP) is 5.47. The summed E-state index contributed by atoms with van der Waals surface area (Å²) >= 11 is 12.1. The van der Waals surface area contributed by atoms with Gasteiger partial charge in [-0.2, -0.15) is 0 Å². The van der Waals surface area contributed by atoms with Gasteiger partial charge in [0.25, 0.3) is 0 Å². The summed E-state index contributed by atoms with van der Waals surface area (Å²) in [6, 6.07) is 6.15. The van der Waals surface area contributed by atoms with Crippen LogP contribution in [0.5, 0.6) is 0 Å². The molecule has 1 rings (SSSR count). The topological polar surface area (TPSA) is 12.0 Å². The fraction of sp³-hybridized carbons (Fsp3) is 0.600. The number of halogens is 2. The lowest BCUT2D eigenvalue weighted by Crippen LogP contribution is -2.21. The van der Waals surface area contributed by atoms with E-state index in [0.29, 0.717) is 16.1 Å². The highest BCUT2D eigenvalue weighted by molar-refractivity contribution is 6.34. The highest BCUT2D eigenvalue weighted by atomic mass is 35.5. The molecule has 0 aliphatic rings. The van der Waals surface area contributed by atoms with Gasteiger partial charge in [-0.3, -0.25) is 0 Å². The van der Waals surface area contributed by atoms with Crippen LogP contribution in [0.15, 0.2) is 18.2 Å². The Morgan fingerprint density at radius 3 is 2.17 bits per heavy atom. The third kappa shape index (κ3) is 5.60. The molecule has 1 N–H and O–H groups in total. The summed E-state index contributed by atoms with van der Waals surface area (Å²) in [5.74, 6) is 0.759. The minimum atomic E-state index is 0.352. The minimum absolute atomic E-state index is 0.352. The summed E-state index contributed by atoms with van der Waals surface area (Å²) < 4.78 is 0. The van der Waals surface area contributed by atoms with E-state index in [4.69, 9.17) is 23.2 Å². The van der Waals surface area contributed by atoms with Gasteiger partial charge in [-0.1, -0.05) is 56.8 Å². The van der Waals surface area contributed by atoms with E-state index in [9.17, 15) is 0 Å². The van der Waals surface area contributed by atoms with Gasteiger partial charge < -0.3 is 5.32 Å². The molecule has 0 aliphatic carbocycles. The first-order valence-electron chi connectivity index (χ1n) is 6.72. The van der Waals surface area contributed by atoms with Crippen molar-refractivity contribution in [2.75, 3.05) is 6.54 Å². The molecule has 3 heteroatoms. The maximum Gasteiger partial charge on any atom is 0.0424 e. The van der Waals surface area contributed by atoms with E-state index >= 15 is 0 Å². The van der Waals surface area contributed by atoms with Gasteiger partial charge in [-0.15, -0.1) is 0 Å². The predicted molar refractivity (Wildman–Crippen MR) is 81.6 cm³/mol. The van der Waals surface area contributed by atoms with Gasteiger partial charge in [0.2, 0.25) is 0 Å². The second-order valence-corrected chi connectivity index (χ2v) is 6.01. The van der Waals surface area contributed by atoms with Gasteiger partial charge in [0.1, 0.15) is 0 Å². The fourth-order valence-electron chi connectivity index (χ4n) is 2.14. The Bertz CT molecular complexity index is 343. The van der Waals surface area contributed by atoms with Gasteiger partial charge in [0, 0.05) is 16.1 Å². The molecule has 0 heterocycles. The summed E-state index contributed by atoms with van der Waals surface area (Å²) in [5.41, 5.74) is 1.19. The first kappa shape index (κ1) is 15.8. The Morgan fingerprint density at radius 1 is 1.06 bits per heavy atom. The molecule has 0 bridgehead atoms. The molecule has 0 aliphatic heterocycles. The van der Waals surface area contributed by atoms with Gasteiger partial charge in [-0.25, -0.2) is 0 Å². The molecule has 0 spiro atoms. The monoisotopic (exact) mass is 287 g/mol. The number of hydrogen-bond acceptors (Lipinski definition) is 1. The van der Waals surface area contributed by atoms with Gasteiger partial charge >= 0.3 is 0 Å². The van der Waals surface area contributed by atoms with E-state index in [0.717, 1.165) is 18.9 Å².